The molecule has 2 aromatic carbocycles. The fourth-order valence-corrected chi connectivity index (χ4v) is 4.35. The summed E-state index contributed by atoms with van der Waals surface area (Å²) < 4.78 is 14.5. The first kappa shape index (κ1) is 18.6. The first-order chi connectivity index (χ1) is 13.5. The van der Waals surface area contributed by atoms with Gasteiger partial charge in [0.1, 0.15) is 11.5 Å². The molecule has 0 spiro atoms. The minimum absolute atomic E-state index is 0.00677. The molecule has 0 aliphatic carbocycles. The zero-order valence-electron chi connectivity index (χ0n) is 16.9. The Morgan fingerprint density at radius 3 is 2.54 bits per heavy atom. The van der Waals surface area contributed by atoms with E-state index in [0.29, 0.717) is 6.04 Å². The van der Waals surface area contributed by atoms with Crippen molar-refractivity contribution < 1.29 is 9.47 Å². The Kier molecular flexibility index (Phi) is 4.89. The van der Waals surface area contributed by atoms with Gasteiger partial charge in [-0.2, -0.15) is 0 Å². The Hall–Kier alpha value is -2.73. The third-order valence-electron chi connectivity index (χ3n) is 5.88. The van der Waals surface area contributed by atoms with Crippen LogP contribution in [0.5, 0.6) is 11.5 Å². The number of aryl methyl sites for hydroxylation is 2. The first-order valence-electron chi connectivity index (χ1n) is 9.63. The molecule has 0 N–H and O–H groups in total. The van der Waals surface area contributed by atoms with E-state index in [2.05, 4.69) is 23.1 Å². The molecule has 6 heteroatoms. The van der Waals surface area contributed by atoms with Crippen LogP contribution in [0.4, 0.5) is 0 Å². The molecule has 4 rings (SSSR count). The smallest absolute Gasteiger partial charge is 0.328 e. The van der Waals surface area contributed by atoms with Gasteiger partial charge in [0.05, 0.1) is 25.3 Å². The summed E-state index contributed by atoms with van der Waals surface area (Å²) in [7, 11) is 7.05. The van der Waals surface area contributed by atoms with Gasteiger partial charge in [-0.1, -0.05) is 6.07 Å². The Bertz CT molecular complexity index is 1070. The minimum atomic E-state index is 0.00677. The first-order valence-corrected chi connectivity index (χ1v) is 9.63. The molecular formula is C22H27N3O3. The molecule has 0 saturated carbocycles. The lowest BCUT2D eigenvalue weighted by Gasteiger charge is -2.26. The van der Waals surface area contributed by atoms with E-state index in [-0.39, 0.29) is 5.69 Å². The van der Waals surface area contributed by atoms with E-state index in [9.17, 15) is 4.79 Å². The molecule has 0 unspecified atom stereocenters. The molecule has 0 radical (unpaired) electrons. The highest BCUT2D eigenvalue weighted by Crippen LogP contribution is 2.39. The van der Waals surface area contributed by atoms with Crippen molar-refractivity contribution in [1.29, 1.82) is 0 Å². The van der Waals surface area contributed by atoms with Crippen molar-refractivity contribution in [3.8, 4) is 11.5 Å². The number of benzene rings is 2. The maximum atomic E-state index is 12.2. The van der Waals surface area contributed by atoms with Gasteiger partial charge in [0.25, 0.3) is 0 Å². The van der Waals surface area contributed by atoms with Crippen LogP contribution in [0.25, 0.3) is 11.0 Å². The fraction of sp³-hybridized carbons (Fsp3) is 0.409. The van der Waals surface area contributed by atoms with Gasteiger partial charge >= 0.3 is 5.69 Å². The summed E-state index contributed by atoms with van der Waals surface area (Å²) in [4.78, 5) is 14.7. The van der Waals surface area contributed by atoms with Gasteiger partial charge in [-0.15, -0.1) is 0 Å². The quantitative estimate of drug-likeness (QED) is 0.681. The van der Waals surface area contributed by atoms with E-state index >= 15 is 0 Å². The van der Waals surface area contributed by atoms with Crippen LogP contribution in [0.15, 0.2) is 41.2 Å². The lowest BCUT2D eigenvalue weighted by molar-refractivity contribution is 0.242. The third-order valence-corrected chi connectivity index (χ3v) is 5.88. The second-order valence-corrected chi connectivity index (χ2v) is 7.46. The van der Waals surface area contributed by atoms with Crippen molar-refractivity contribution in [1.82, 2.24) is 14.0 Å². The number of hydrogen-bond donors (Lipinski definition) is 0. The van der Waals surface area contributed by atoms with E-state index in [1.807, 2.05) is 32.3 Å². The van der Waals surface area contributed by atoms with Gasteiger partial charge in [0, 0.05) is 32.2 Å². The lowest BCUT2D eigenvalue weighted by atomic mass is 10.0. The molecule has 1 fully saturated rings. The highest BCUT2D eigenvalue weighted by atomic mass is 16.5. The van der Waals surface area contributed by atoms with E-state index < -0.39 is 0 Å². The molecule has 3 aromatic rings. The van der Waals surface area contributed by atoms with Crippen LogP contribution in [-0.4, -0.2) is 34.8 Å². The number of aromatic nitrogens is 2. The number of rotatable bonds is 5. The standard InChI is InChI=1S/C22H27N3O3/c1-23-19-9-7-15(12-20(19)24(2)22(23)26)14-25-11-5-6-18(25)17-13-16(27-3)8-10-21(17)28-4/h7-10,12-13,18H,5-6,11,14H2,1-4H3/t18-/m0/s1. The van der Waals surface area contributed by atoms with E-state index in [1.54, 1.807) is 23.4 Å². The number of likely N-dealkylation sites (tertiary alicyclic amines) is 1. The zero-order chi connectivity index (χ0) is 19.8. The van der Waals surface area contributed by atoms with Crippen molar-refractivity contribution >= 4 is 11.0 Å². The molecule has 1 saturated heterocycles. The molecule has 0 amide bonds. The molecule has 2 heterocycles. The summed E-state index contributed by atoms with van der Waals surface area (Å²) in [5.41, 5.74) is 4.32. The Morgan fingerprint density at radius 2 is 1.79 bits per heavy atom. The highest BCUT2D eigenvalue weighted by molar-refractivity contribution is 5.76. The Morgan fingerprint density at radius 1 is 1.00 bits per heavy atom. The van der Waals surface area contributed by atoms with Crippen LogP contribution in [0.1, 0.15) is 30.0 Å². The monoisotopic (exact) mass is 381 g/mol. The summed E-state index contributed by atoms with van der Waals surface area (Å²) in [5.74, 6) is 1.75. The number of ether oxygens (including phenoxy) is 2. The second kappa shape index (κ2) is 7.36. The third kappa shape index (κ3) is 3.07. The number of methoxy groups -OCH3 is 2. The van der Waals surface area contributed by atoms with Crippen LogP contribution >= 0.6 is 0 Å². The van der Waals surface area contributed by atoms with Gasteiger partial charge in [-0.3, -0.25) is 14.0 Å². The normalized spacial score (nSPS) is 17.4. The predicted molar refractivity (Wildman–Crippen MR) is 110 cm³/mol. The average molecular weight is 381 g/mol. The molecule has 1 atom stereocenters. The maximum Gasteiger partial charge on any atom is 0.328 e. The van der Waals surface area contributed by atoms with E-state index in [0.717, 1.165) is 48.5 Å². The summed E-state index contributed by atoms with van der Waals surface area (Å²) in [5, 5.41) is 0. The molecule has 148 valence electrons. The van der Waals surface area contributed by atoms with Crippen molar-refractivity contribution in [2.45, 2.75) is 25.4 Å². The minimum Gasteiger partial charge on any atom is -0.497 e. The van der Waals surface area contributed by atoms with Gasteiger partial charge in [0.15, 0.2) is 0 Å². The number of imidazole rings is 1. The number of nitrogens with zero attached hydrogens (tertiary/aromatic N) is 3. The highest BCUT2D eigenvalue weighted by Gasteiger charge is 2.29. The van der Waals surface area contributed by atoms with Crippen LogP contribution in [0.3, 0.4) is 0 Å². The topological polar surface area (TPSA) is 48.6 Å². The van der Waals surface area contributed by atoms with E-state index in [4.69, 9.17) is 9.47 Å². The largest absolute Gasteiger partial charge is 0.497 e. The lowest BCUT2D eigenvalue weighted by Crippen LogP contribution is -2.23. The van der Waals surface area contributed by atoms with Crippen LogP contribution in [0.2, 0.25) is 0 Å². The van der Waals surface area contributed by atoms with Crippen LogP contribution in [-0.2, 0) is 20.6 Å². The predicted octanol–water partition coefficient (Wildman–Crippen LogP) is 3.23. The molecule has 28 heavy (non-hydrogen) atoms. The average Bonchev–Trinajstić information content (AvgIpc) is 3.26. The summed E-state index contributed by atoms with van der Waals surface area (Å²) in [6.45, 7) is 1.88. The summed E-state index contributed by atoms with van der Waals surface area (Å²) in [6.07, 6.45) is 2.24. The fourth-order valence-electron chi connectivity index (χ4n) is 4.35. The van der Waals surface area contributed by atoms with Crippen molar-refractivity contribution in [2.24, 2.45) is 14.1 Å². The molecule has 0 bridgehead atoms. The van der Waals surface area contributed by atoms with Crippen molar-refractivity contribution in [3.63, 3.8) is 0 Å². The molecule has 1 aromatic heterocycles. The number of hydrogen-bond acceptors (Lipinski definition) is 4. The van der Waals surface area contributed by atoms with Crippen LogP contribution in [0, 0.1) is 0 Å². The molecular weight excluding hydrogens is 354 g/mol. The van der Waals surface area contributed by atoms with Gasteiger partial charge in [-0.25, -0.2) is 4.79 Å². The zero-order valence-corrected chi connectivity index (χ0v) is 16.9. The van der Waals surface area contributed by atoms with Crippen molar-refractivity contribution in [3.05, 3.63) is 58.0 Å². The number of fused-ring (bicyclic) bond motifs is 1. The second-order valence-electron chi connectivity index (χ2n) is 7.46. The molecule has 1 aliphatic rings. The molecule has 6 nitrogen and oxygen atoms in total. The van der Waals surface area contributed by atoms with Crippen molar-refractivity contribution in [2.75, 3.05) is 20.8 Å². The van der Waals surface area contributed by atoms with Crippen LogP contribution < -0.4 is 15.2 Å². The Labute approximate surface area is 164 Å². The summed E-state index contributed by atoms with van der Waals surface area (Å²) in [6, 6.07) is 12.6. The maximum absolute atomic E-state index is 12.2. The summed E-state index contributed by atoms with van der Waals surface area (Å²) >= 11 is 0. The van der Waals surface area contributed by atoms with Gasteiger partial charge < -0.3 is 9.47 Å². The Balaban J connectivity index is 1.66. The molecule has 1 aliphatic heterocycles. The SMILES string of the molecule is COc1ccc(OC)c([C@@H]2CCCN2Cc2ccc3c(c2)n(C)c(=O)n3C)c1. The van der Waals surface area contributed by atoms with E-state index in [1.165, 1.54) is 11.1 Å². The van der Waals surface area contributed by atoms with Gasteiger partial charge in [-0.05, 0) is 55.3 Å². The van der Waals surface area contributed by atoms with Gasteiger partial charge in [0.2, 0.25) is 0 Å².